The molecule has 12 heteroatoms. The van der Waals surface area contributed by atoms with E-state index in [-0.39, 0.29) is 24.7 Å². The van der Waals surface area contributed by atoms with E-state index in [1.807, 2.05) is 0 Å². The van der Waals surface area contributed by atoms with Gasteiger partial charge in [-0.1, -0.05) is 27.7 Å². The number of aromatic amines is 1. The number of amides is 3. The van der Waals surface area contributed by atoms with Crippen LogP contribution in [0.4, 0.5) is 0 Å². The van der Waals surface area contributed by atoms with E-state index in [9.17, 15) is 29.4 Å². The number of carbonyl (C=O) groups excluding carboxylic acids is 3. The number of aliphatic carboxylic acids is 1. The number of carbonyl (C=O) groups is 4. The molecule has 1 aromatic heterocycles. The molecular formula is C20H34N6O6. The fourth-order valence-corrected chi connectivity index (χ4v) is 2.94. The average Bonchev–Trinajstić information content (AvgIpc) is 3.21. The molecule has 0 spiro atoms. The third kappa shape index (κ3) is 8.63. The van der Waals surface area contributed by atoms with Gasteiger partial charge in [0.1, 0.15) is 18.1 Å². The molecule has 0 bridgehead atoms. The van der Waals surface area contributed by atoms with Crippen molar-refractivity contribution in [2.75, 3.05) is 6.61 Å². The highest BCUT2D eigenvalue weighted by Crippen LogP contribution is 2.07. The van der Waals surface area contributed by atoms with Crippen molar-refractivity contribution in [1.29, 1.82) is 0 Å². The number of nitrogens with two attached hydrogens (primary N) is 1. The summed E-state index contributed by atoms with van der Waals surface area (Å²) in [5.74, 6) is -3.67. The van der Waals surface area contributed by atoms with Crippen molar-refractivity contribution in [2.24, 2.45) is 17.6 Å². The van der Waals surface area contributed by atoms with Gasteiger partial charge in [0.2, 0.25) is 17.7 Å². The Morgan fingerprint density at radius 2 is 1.66 bits per heavy atom. The van der Waals surface area contributed by atoms with Crippen LogP contribution in [-0.4, -0.2) is 74.6 Å². The number of hydrogen-bond donors (Lipinski definition) is 7. The third-order valence-corrected chi connectivity index (χ3v) is 4.72. The summed E-state index contributed by atoms with van der Waals surface area (Å²) < 4.78 is 0. The minimum atomic E-state index is -1.38. The van der Waals surface area contributed by atoms with Crippen molar-refractivity contribution in [3.8, 4) is 0 Å². The monoisotopic (exact) mass is 454 g/mol. The van der Waals surface area contributed by atoms with Crippen LogP contribution in [0.1, 0.15) is 39.8 Å². The number of hydrogen-bond acceptors (Lipinski definition) is 7. The summed E-state index contributed by atoms with van der Waals surface area (Å²) >= 11 is 0. The van der Waals surface area contributed by atoms with E-state index in [0.29, 0.717) is 5.69 Å². The molecule has 0 saturated carbocycles. The molecule has 4 unspecified atom stereocenters. The molecule has 0 aromatic carbocycles. The topological polar surface area (TPSA) is 200 Å². The number of nitrogens with one attached hydrogen (secondary N) is 4. The minimum Gasteiger partial charge on any atom is -0.480 e. The molecule has 12 nitrogen and oxygen atoms in total. The van der Waals surface area contributed by atoms with Crippen LogP contribution in [0.5, 0.6) is 0 Å². The number of rotatable bonds is 13. The highest BCUT2D eigenvalue weighted by molar-refractivity contribution is 5.94. The molecule has 8 N–H and O–H groups in total. The summed E-state index contributed by atoms with van der Waals surface area (Å²) in [4.78, 5) is 55.7. The van der Waals surface area contributed by atoms with Crippen LogP contribution in [0, 0.1) is 11.8 Å². The normalized spacial score (nSPS) is 15.0. The first-order valence-electron chi connectivity index (χ1n) is 10.4. The van der Waals surface area contributed by atoms with Gasteiger partial charge in [-0.3, -0.25) is 14.4 Å². The number of aliphatic hydroxyl groups is 1. The highest BCUT2D eigenvalue weighted by Gasteiger charge is 2.31. The van der Waals surface area contributed by atoms with Crippen molar-refractivity contribution in [2.45, 2.75) is 64.7 Å². The number of aromatic nitrogens is 2. The van der Waals surface area contributed by atoms with Gasteiger partial charge < -0.3 is 36.9 Å². The standard InChI is InChI=1S/C20H34N6O6/c1-10(2)5-14(20(31)32)24-18(29)15(8-27)25-19(30)16(11(3)4)26-17(28)13(21)6-12-7-22-9-23-12/h7,9-11,13-16,27H,5-6,8,21H2,1-4H3,(H,22,23)(H,24,29)(H,25,30)(H,26,28)(H,31,32). The van der Waals surface area contributed by atoms with Crippen LogP contribution < -0.4 is 21.7 Å². The molecule has 0 aliphatic heterocycles. The van der Waals surface area contributed by atoms with Crippen LogP contribution in [0.3, 0.4) is 0 Å². The fraction of sp³-hybridized carbons (Fsp3) is 0.650. The quantitative estimate of drug-likeness (QED) is 0.187. The molecule has 180 valence electrons. The van der Waals surface area contributed by atoms with Gasteiger partial charge in [-0.2, -0.15) is 0 Å². The lowest BCUT2D eigenvalue weighted by Gasteiger charge is -2.26. The van der Waals surface area contributed by atoms with Crippen LogP contribution in [0.25, 0.3) is 0 Å². The van der Waals surface area contributed by atoms with Gasteiger partial charge in [0, 0.05) is 18.3 Å². The molecule has 0 saturated heterocycles. The Balaban J connectivity index is 2.78. The second-order valence-electron chi connectivity index (χ2n) is 8.39. The molecule has 0 radical (unpaired) electrons. The Bertz CT molecular complexity index is 767. The fourth-order valence-electron chi connectivity index (χ4n) is 2.94. The lowest BCUT2D eigenvalue weighted by Crippen LogP contribution is -2.59. The maximum atomic E-state index is 12.7. The Morgan fingerprint density at radius 1 is 1.03 bits per heavy atom. The molecule has 4 atom stereocenters. The maximum Gasteiger partial charge on any atom is 0.326 e. The van der Waals surface area contributed by atoms with E-state index in [2.05, 4.69) is 25.9 Å². The van der Waals surface area contributed by atoms with Gasteiger partial charge in [0.05, 0.1) is 19.0 Å². The van der Waals surface area contributed by atoms with Crippen molar-refractivity contribution in [1.82, 2.24) is 25.9 Å². The first-order valence-corrected chi connectivity index (χ1v) is 10.4. The van der Waals surface area contributed by atoms with Crippen molar-refractivity contribution < 1.29 is 29.4 Å². The smallest absolute Gasteiger partial charge is 0.326 e. The van der Waals surface area contributed by atoms with Crippen LogP contribution in [0.15, 0.2) is 12.5 Å². The second-order valence-corrected chi connectivity index (χ2v) is 8.39. The molecule has 1 aromatic rings. The SMILES string of the molecule is CC(C)CC(NC(=O)C(CO)NC(=O)C(NC(=O)C(N)Cc1cnc[nH]1)C(C)C)C(=O)O. The number of H-pyrrole nitrogens is 1. The molecule has 1 heterocycles. The van der Waals surface area contributed by atoms with Crippen LogP contribution in [0.2, 0.25) is 0 Å². The molecule has 0 aliphatic rings. The molecule has 0 aliphatic carbocycles. The Hall–Kier alpha value is -2.99. The maximum absolute atomic E-state index is 12.7. The van der Waals surface area contributed by atoms with Gasteiger partial charge in [-0.05, 0) is 18.3 Å². The lowest BCUT2D eigenvalue weighted by atomic mass is 10.0. The van der Waals surface area contributed by atoms with Crippen LogP contribution in [-0.2, 0) is 25.6 Å². The predicted octanol–water partition coefficient (Wildman–Crippen LogP) is -1.49. The third-order valence-electron chi connectivity index (χ3n) is 4.72. The molecule has 32 heavy (non-hydrogen) atoms. The first-order chi connectivity index (χ1) is 15.0. The number of carboxylic acid groups (broad SMARTS) is 1. The zero-order valence-corrected chi connectivity index (χ0v) is 18.8. The van der Waals surface area contributed by atoms with E-state index < -0.39 is 54.5 Å². The highest BCUT2D eigenvalue weighted by atomic mass is 16.4. The summed E-state index contributed by atoms with van der Waals surface area (Å²) in [7, 11) is 0. The van der Waals surface area contributed by atoms with E-state index in [4.69, 9.17) is 5.73 Å². The predicted molar refractivity (Wildman–Crippen MR) is 115 cm³/mol. The Morgan fingerprint density at radius 3 is 2.12 bits per heavy atom. The number of carboxylic acids is 1. The van der Waals surface area contributed by atoms with Crippen LogP contribution >= 0.6 is 0 Å². The van der Waals surface area contributed by atoms with E-state index >= 15 is 0 Å². The van der Waals surface area contributed by atoms with Gasteiger partial charge in [-0.15, -0.1) is 0 Å². The zero-order chi connectivity index (χ0) is 24.4. The molecule has 0 fully saturated rings. The Labute approximate surface area is 186 Å². The summed E-state index contributed by atoms with van der Waals surface area (Å²) in [5, 5.41) is 26.1. The van der Waals surface area contributed by atoms with E-state index in [0.717, 1.165) is 0 Å². The number of imidazole rings is 1. The average molecular weight is 455 g/mol. The van der Waals surface area contributed by atoms with Crippen molar-refractivity contribution in [3.63, 3.8) is 0 Å². The zero-order valence-electron chi connectivity index (χ0n) is 18.8. The van der Waals surface area contributed by atoms with Gasteiger partial charge in [0.25, 0.3) is 0 Å². The second kappa shape index (κ2) is 12.8. The summed E-state index contributed by atoms with van der Waals surface area (Å²) in [5.41, 5.74) is 6.56. The van der Waals surface area contributed by atoms with Crippen molar-refractivity contribution in [3.05, 3.63) is 18.2 Å². The lowest BCUT2D eigenvalue weighted by molar-refractivity contribution is -0.143. The number of aliphatic hydroxyl groups excluding tert-OH is 1. The molecule has 1 rings (SSSR count). The molecular weight excluding hydrogens is 420 g/mol. The van der Waals surface area contributed by atoms with Crippen molar-refractivity contribution >= 4 is 23.7 Å². The summed E-state index contributed by atoms with van der Waals surface area (Å²) in [6.45, 7) is 6.26. The molecule has 3 amide bonds. The van der Waals surface area contributed by atoms with Gasteiger partial charge in [-0.25, -0.2) is 9.78 Å². The minimum absolute atomic E-state index is 0.00469. The number of nitrogens with zero attached hydrogens (tertiary/aromatic N) is 1. The Kier molecular flexibility index (Phi) is 10.8. The van der Waals surface area contributed by atoms with Gasteiger partial charge >= 0.3 is 5.97 Å². The summed E-state index contributed by atoms with van der Waals surface area (Å²) in [6.07, 6.45) is 3.37. The van der Waals surface area contributed by atoms with Gasteiger partial charge in [0.15, 0.2) is 0 Å². The first kappa shape index (κ1) is 27.0. The summed E-state index contributed by atoms with van der Waals surface area (Å²) in [6, 6.07) is -4.50. The largest absolute Gasteiger partial charge is 0.480 e. The van der Waals surface area contributed by atoms with E-state index in [1.165, 1.54) is 12.5 Å². The van der Waals surface area contributed by atoms with E-state index in [1.54, 1.807) is 27.7 Å².